The number of carbonyl (C=O) groups is 2. The first-order valence-corrected chi connectivity index (χ1v) is 13.2. The molecule has 0 atom stereocenters. The summed E-state index contributed by atoms with van der Waals surface area (Å²) in [6.45, 7) is 6.26. The van der Waals surface area contributed by atoms with E-state index in [1.54, 1.807) is 18.3 Å². The third kappa shape index (κ3) is 4.46. The zero-order chi connectivity index (χ0) is 25.4. The van der Waals surface area contributed by atoms with E-state index in [9.17, 15) is 9.59 Å². The molecule has 1 aliphatic heterocycles. The molecule has 1 N–H and O–H groups in total. The van der Waals surface area contributed by atoms with E-state index in [0.29, 0.717) is 16.1 Å². The van der Waals surface area contributed by atoms with Crippen LogP contribution in [0.2, 0.25) is 5.02 Å². The Labute approximate surface area is 219 Å². The molecule has 5 rings (SSSR count). The SMILES string of the molecule is C=C1CCCC12CCN(c1ncc(Sc3cccc(NC(=O)C(=O)N(C)C)c3Cl)c3nccn13)CC2. The van der Waals surface area contributed by atoms with E-state index in [4.69, 9.17) is 16.6 Å². The van der Waals surface area contributed by atoms with E-state index in [1.165, 1.54) is 49.2 Å². The van der Waals surface area contributed by atoms with Crippen LogP contribution < -0.4 is 10.2 Å². The summed E-state index contributed by atoms with van der Waals surface area (Å²) in [4.78, 5) is 38.7. The van der Waals surface area contributed by atoms with Gasteiger partial charge in [-0.15, -0.1) is 0 Å². The first-order valence-electron chi connectivity index (χ1n) is 12.0. The summed E-state index contributed by atoms with van der Waals surface area (Å²) in [7, 11) is 3.05. The van der Waals surface area contributed by atoms with Crippen molar-refractivity contribution >= 4 is 52.5 Å². The van der Waals surface area contributed by atoms with Gasteiger partial charge in [-0.25, -0.2) is 9.97 Å². The van der Waals surface area contributed by atoms with Gasteiger partial charge < -0.3 is 15.1 Å². The Kier molecular flexibility index (Phi) is 6.70. The van der Waals surface area contributed by atoms with Crippen LogP contribution in [0.3, 0.4) is 0 Å². The van der Waals surface area contributed by atoms with Gasteiger partial charge in [-0.3, -0.25) is 14.0 Å². The van der Waals surface area contributed by atoms with Crippen LogP contribution >= 0.6 is 23.4 Å². The summed E-state index contributed by atoms with van der Waals surface area (Å²) >= 11 is 8.03. The van der Waals surface area contributed by atoms with Crippen LogP contribution in [0.25, 0.3) is 5.65 Å². The number of imidazole rings is 1. The quantitative estimate of drug-likeness (QED) is 0.386. The largest absolute Gasteiger partial charge is 0.342 e. The van der Waals surface area contributed by atoms with Crippen molar-refractivity contribution in [3.63, 3.8) is 0 Å². The number of carbonyl (C=O) groups excluding carboxylic acids is 2. The molecule has 0 unspecified atom stereocenters. The molecule has 2 amide bonds. The molecular formula is C26H29ClN6O2S. The number of rotatable bonds is 4. The van der Waals surface area contributed by atoms with E-state index in [0.717, 1.165) is 53.7 Å². The fraction of sp³-hybridized carbons (Fsp3) is 0.385. The van der Waals surface area contributed by atoms with Crippen molar-refractivity contribution in [1.82, 2.24) is 19.3 Å². The van der Waals surface area contributed by atoms with Gasteiger partial charge >= 0.3 is 11.8 Å². The lowest BCUT2D eigenvalue weighted by atomic mass is 9.74. The topological polar surface area (TPSA) is 82.8 Å². The Morgan fingerprint density at radius 3 is 2.64 bits per heavy atom. The summed E-state index contributed by atoms with van der Waals surface area (Å²) in [5.74, 6) is -0.501. The van der Waals surface area contributed by atoms with Crippen LogP contribution in [0.15, 0.2) is 58.7 Å². The normalized spacial score (nSPS) is 17.1. The van der Waals surface area contributed by atoms with Gasteiger partial charge in [0.15, 0.2) is 5.65 Å². The van der Waals surface area contributed by atoms with Gasteiger partial charge in [0.2, 0.25) is 5.95 Å². The van der Waals surface area contributed by atoms with Crippen molar-refractivity contribution in [3.05, 3.63) is 54.0 Å². The monoisotopic (exact) mass is 524 g/mol. The lowest BCUT2D eigenvalue weighted by Gasteiger charge is -2.40. The number of aromatic nitrogens is 3. The molecule has 2 aromatic heterocycles. The van der Waals surface area contributed by atoms with Gasteiger partial charge in [-0.1, -0.05) is 41.6 Å². The average Bonchev–Trinajstić information content (AvgIpc) is 3.49. The van der Waals surface area contributed by atoms with E-state index >= 15 is 0 Å². The minimum absolute atomic E-state index is 0.314. The van der Waals surface area contributed by atoms with Crippen molar-refractivity contribution in [2.45, 2.75) is 41.9 Å². The van der Waals surface area contributed by atoms with Crippen molar-refractivity contribution in [3.8, 4) is 0 Å². The fourth-order valence-corrected chi connectivity index (χ4v) is 6.41. The molecule has 36 heavy (non-hydrogen) atoms. The van der Waals surface area contributed by atoms with Crippen LogP contribution in [0, 0.1) is 5.41 Å². The third-order valence-corrected chi connectivity index (χ3v) is 8.88. The number of hydrogen-bond donors (Lipinski definition) is 1. The zero-order valence-electron chi connectivity index (χ0n) is 20.5. The minimum atomic E-state index is -0.741. The molecule has 1 saturated heterocycles. The van der Waals surface area contributed by atoms with Crippen LogP contribution in [0.1, 0.15) is 32.1 Å². The fourth-order valence-electron chi connectivity index (χ4n) is 5.19. The van der Waals surface area contributed by atoms with E-state index in [-0.39, 0.29) is 0 Å². The maximum atomic E-state index is 12.2. The van der Waals surface area contributed by atoms with E-state index in [1.807, 2.05) is 22.9 Å². The molecule has 188 valence electrons. The van der Waals surface area contributed by atoms with E-state index < -0.39 is 11.8 Å². The van der Waals surface area contributed by atoms with Crippen molar-refractivity contribution in [2.24, 2.45) is 5.41 Å². The number of benzene rings is 1. The Morgan fingerprint density at radius 2 is 1.94 bits per heavy atom. The summed E-state index contributed by atoms with van der Waals surface area (Å²) in [6.07, 6.45) is 11.5. The second-order valence-corrected chi connectivity index (χ2v) is 11.1. The lowest BCUT2D eigenvalue weighted by molar-refractivity contribution is -0.141. The Hall–Kier alpha value is -3.04. The van der Waals surface area contributed by atoms with Crippen LogP contribution in [0.4, 0.5) is 11.6 Å². The highest BCUT2D eigenvalue weighted by atomic mass is 35.5. The van der Waals surface area contributed by atoms with E-state index in [2.05, 4.69) is 21.8 Å². The lowest BCUT2D eigenvalue weighted by Crippen LogP contribution is -2.40. The number of hydrogen-bond acceptors (Lipinski definition) is 6. The predicted octanol–water partition coefficient (Wildman–Crippen LogP) is 4.89. The molecule has 3 heterocycles. The highest BCUT2D eigenvalue weighted by molar-refractivity contribution is 7.99. The molecule has 0 bridgehead atoms. The first-order chi connectivity index (χ1) is 17.3. The van der Waals surface area contributed by atoms with Crippen LogP contribution in [-0.4, -0.2) is 58.3 Å². The second kappa shape index (κ2) is 9.78. The average molecular weight is 525 g/mol. The highest BCUT2D eigenvalue weighted by Gasteiger charge is 2.40. The van der Waals surface area contributed by atoms with Crippen molar-refractivity contribution in [1.29, 1.82) is 0 Å². The minimum Gasteiger partial charge on any atom is -0.342 e. The van der Waals surface area contributed by atoms with Gasteiger partial charge in [-0.2, -0.15) is 0 Å². The van der Waals surface area contributed by atoms with Gasteiger partial charge in [0.1, 0.15) is 0 Å². The number of amides is 2. The van der Waals surface area contributed by atoms with Gasteiger partial charge in [0, 0.05) is 50.7 Å². The highest BCUT2D eigenvalue weighted by Crippen LogP contribution is 2.49. The second-order valence-electron chi connectivity index (χ2n) is 9.64. The molecule has 2 aliphatic rings. The number of anilines is 2. The molecule has 8 nitrogen and oxygen atoms in total. The Bertz CT molecular complexity index is 1350. The number of halogens is 1. The standard InChI is InChI=1S/C26H29ClN6O2S/c1-17-6-5-9-26(17)10-13-32(14-11-26)25-29-16-20(22-28-12-15-33(22)25)36-19-8-4-7-18(21(19)27)30-23(34)24(35)31(2)3/h4,7-8,12,15-16H,1,5-6,9-11,13-14H2,2-3H3,(H,30,34). The maximum Gasteiger partial charge on any atom is 0.313 e. The van der Waals surface area contributed by atoms with Crippen LogP contribution in [0.5, 0.6) is 0 Å². The summed E-state index contributed by atoms with van der Waals surface area (Å²) in [6, 6.07) is 5.32. The number of nitrogens with zero attached hydrogens (tertiary/aromatic N) is 5. The van der Waals surface area contributed by atoms with Gasteiger partial charge in [-0.05, 0) is 49.7 Å². The molecule has 1 saturated carbocycles. The number of fused-ring (bicyclic) bond motifs is 1. The number of allylic oxidation sites excluding steroid dienone is 1. The summed E-state index contributed by atoms with van der Waals surface area (Å²) in [5, 5.41) is 2.96. The van der Waals surface area contributed by atoms with Gasteiger partial charge in [0.05, 0.1) is 15.6 Å². The number of likely N-dealkylation sites (N-methyl/N-ethyl adjacent to an activating group) is 1. The molecule has 10 heteroatoms. The smallest absolute Gasteiger partial charge is 0.313 e. The zero-order valence-corrected chi connectivity index (χ0v) is 22.0. The molecular weight excluding hydrogens is 496 g/mol. The number of nitrogens with one attached hydrogen (secondary N) is 1. The molecule has 2 fully saturated rings. The third-order valence-electron chi connectivity index (χ3n) is 7.29. The Balaban J connectivity index is 1.36. The van der Waals surface area contributed by atoms with Crippen molar-refractivity contribution in [2.75, 3.05) is 37.4 Å². The molecule has 1 aliphatic carbocycles. The number of piperidine rings is 1. The van der Waals surface area contributed by atoms with Gasteiger partial charge in [0.25, 0.3) is 0 Å². The Morgan fingerprint density at radius 1 is 1.17 bits per heavy atom. The summed E-state index contributed by atoms with van der Waals surface area (Å²) in [5.41, 5.74) is 2.91. The maximum absolute atomic E-state index is 12.2. The molecule has 1 aromatic carbocycles. The molecule has 3 aromatic rings. The van der Waals surface area contributed by atoms with Crippen LogP contribution in [-0.2, 0) is 9.59 Å². The predicted molar refractivity (Wildman–Crippen MR) is 143 cm³/mol. The summed E-state index contributed by atoms with van der Waals surface area (Å²) < 4.78 is 2.03. The molecule has 1 spiro atoms. The van der Waals surface area contributed by atoms with Crippen molar-refractivity contribution < 1.29 is 9.59 Å². The first kappa shape index (κ1) is 24.6. The molecule has 0 radical (unpaired) electrons.